The van der Waals surface area contributed by atoms with E-state index in [1.54, 1.807) is 18.2 Å². The summed E-state index contributed by atoms with van der Waals surface area (Å²) in [6.07, 6.45) is 5.68. The Labute approximate surface area is 227 Å². The number of rotatable bonds is 14. The fourth-order valence-corrected chi connectivity index (χ4v) is 6.64. The summed E-state index contributed by atoms with van der Waals surface area (Å²) >= 11 is 0. The average Bonchev–Trinajstić information content (AvgIpc) is 3.35. The Bertz CT molecular complexity index is 1150. The molecule has 38 heavy (non-hydrogen) atoms. The van der Waals surface area contributed by atoms with Crippen LogP contribution in [0.4, 0.5) is 0 Å². The van der Waals surface area contributed by atoms with Gasteiger partial charge in [-0.2, -0.15) is 8.42 Å². The molecule has 0 N–H and O–H groups in total. The van der Waals surface area contributed by atoms with Gasteiger partial charge in [-0.1, -0.05) is 45.4 Å². The van der Waals surface area contributed by atoms with Gasteiger partial charge in [0.05, 0.1) is 44.5 Å². The number of ether oxygens (including phenoxy) is 4. The molecular formula is C30H42O7S. The van der Waals surface area contributed by atoms with E-state index in [1.165, 1.54) is 12.0 Å². The molecule has 0 spiro atoms. The minimum atomic E-state index is -3.84. The quantitative estimate of drug-likeness (QED) is 0.206. The zero-order valence-electron chi connectivity index (χ0n) is 22.9. The minimum absolute atomic E-state index is 0.0557. The molecule has 2 aromatic carbocycles. The molecule has 1 heterocycles. The molecule has 1 aliphatic heterocycles. The van der Waals surface area contributed by atoms with Gasteiger partial charge < -0.3 is 18.9 Å². The summed E-state index contributed by atoms with van der Waals surface area (Å²) in [6, 6.07) is 11.2. The molecule has 3 atom stereocenters. The molecule has 2 aromatic rings. The van der Waals surface area contributed by atoms with Crippen molar-refractivity contribution in [3.05, 3.63) is 53.1 Å². The van der Waals surface area contributed by atoms with Crippen LogP contribution >= 0.6 is 0 Å². The molecule has 1 aliphatic carbocycles. The van der Waals surface area contributed by atoms with E-state index in [9.17, 15) is 8.42 Å². The Morgan fingerprint density at radius 3 is 2.32 bits per heavy atom. The van der Waals surface area contributed by atoms with Crippen LogP contribution in [-0.2, 0) is 30.2 Å². The van der Waals surface area contributed by atoms with Gasteiger partial charge in [0, 0.05) is 0 Å². The topological polar surface area (TPSA) is 80.3 Å². The van der Waals surface area contributed by atoms with Gasteiger partial charge in [-0.25, -0.2) is 0 Å². The first kappa shape index (κ1) is 28.9. The molecule has 8 heteroatoms. The maximum Gasteiger partial charge on any atom is 0.297 e. The second kappa shape index (κ2) is 13.8. The first-order chi connectivity index (χ1) is 18.5. The number of hydrogen-bond donors (Lipinski definition) is 0. The van der Waals surface area contributed by atoms with Crippen LogP contribution < -0.4 is 9.47 Å². The molecule has 2 aliphatic rings. The summed E-state index contributed by atoms with van der Waals surface area (Å²) in [5, 5.41) is 0. The lowest BCUT2D eigenvalue weighted by Gasteiger charge is -2.23. The van der Waals surface area contributed by atoms with Crippen LogP contribution in [-0.4, -0.2) is 48.1 Å². The molecule has 0 saturated heterocycles. The zero-order chi connectivity index (χ0) is 27.0. The standard InChI is InChI=1S/C30H42O7S/c1-4-14-34-27-18-25-24-12-9-11-23(24)20-36-29(26(25)19-28(27)35-15-5-2)21-33-16-17-37-38(31,32)30-13-8-7-10-22(30)6-3/h7-8,10,13,18-19,23-24,29H,4-6,9,11-12,14-17,20-21H2,1-3H3. The summed E-state index contributed by atoms with van der Waals surface area (Å²) in [6.45, 7) is 8.45. The van der Waals surface area contributed by atoms with Crippen molar-refractivity contribution >= 4 is 10.1 Å². The Hall–Kier alpha value is -2.13. The molecule has 3 unspecified atom stereocenters. The first-order valence-corrected chi connectivity index (χ1v) is 15.5. The fourth-order valence-electron chi connectivity index (χ4n) is 5.45. The van der Waals surface area contributed by atoms with Crippen LogP contribution in [0, 0.1) is 5.92 Å². The van der Waals surface area contributed by atoms with E-state index in [0.29, 0.717) is 44.7 Å². The SMILES string of the molecule is CCCOc1cc2c(cc1OCCC)C1CCCC1COC2COCCOS(=O)(=O)c1ccccc1CC. The molecule has 1 saturated carbocycles. The summed E-state index contributed by atoms with van der Waals surface area (Å²) < 4.78 is 55.2. The van der Waals surface area contributed by atoms with Crippen LogP contribution in [0.1, 0.15) is 81.6 Å². The molecule has 0 bridgehead atoms. The van der Waals surface area contributed by atoms with Crippen molar-refractivity contribution in [2.75, 3.05) is 39.6 Å². The van der Waals surface area contributed by atoms with E-state index >= 15 is 0 Å². The van der Waals surface area contributed by atoms with Crippen molar-refractivity contribution in [1.29, 1.82) is 0 Å². The number of fused-ring (bicyclic) bond motifs is 3. The van der Waals surface area contributed by atoms with Crippen molar-refractivity contribution in [1.82, 2.24) is 0 Å². The van der Waals surface area contributed by atoms with Gasteiger partial charge in [-0.3, -0.25) is 4.18 Å². The zero-order valence-corrected chi connectivity index (χ0v) is 23.8. The predicted molar refractivity (Wildman–Crippen MR) is 147 cm³/mol. The van der Waals surface area contributed by atoms with E-state index in [4.69, 9.17) is 23.1 Å². The number of aryl methyl sites for hydroxylation is 1. The molecule has 0 aromatic heterocycles. The second-order valence-electron chi connectivity index (χ2n) is 10.1. The normalized spacial score (nSPS) is 21.0. The Kier molecular flexibility index (Phi) is 10.5. The van der Waals surface area contributed by atoms with E-state index in [-0.39, 0.29) is 24.2 Å². The van der Waals surface area contributed by atoms with Crippen molar-refractivity contribution in [2.24, 2.45) is 5.92 Å². The van der Waals surface area contributed by atoms with Gasteiger partial charge in [-0.05, 0) is 78.8 Å². The summed E-state index contributed by atoms with van der Waals surface area (Å²) in [5.41, 5.74) is 3.09. The van der Waals surface area contributed by atoms with E-state index in [1.807, 2.05) is 13.0 Å². The highest BCUT2D eigenvalue weighted by atomic mass is 32.2. The molecule has 4 rings (SSSR count). The van der Waals surface area contributed by atoms with Crippen molar-refractivity contribution < 1.29 is 31.5 Å². The van der Waals surface area contributed by atoms with E-state index in [0.717, 1.165) is 48.3 Å². The van der Waals surface area contributed by atoms with Gasteiger partial charge >= 0.3 is 0 Å². The van der Waals surface area contributed by atoms with Crippen LogP contribution in [0.2, 0.25) is 0 Å². The number of benzene rings is 2. The molecule has 1 fully saturated rings. The van der Waals surface area contributed by atoms with Crippen LogP contribution in [0.15, 0.2) is 41.3 Å². The fraction of sp³-hybridized carbons (Fsp3) is 0.600. The summed E-state index contributed by atoms with van der Waals surface area (Å²) in [7, 11) is -3.84. The van der Waals surface area contributed by atoms with Gasteiger partial charge in [0.25, 0.3) is 10.1 Å². The monoisotopic (exact) mass is 546 g/mol. The lowest BCUT2D eigenvalue weighted by Crippen LogP contribution is -2.17. The lowest BCUT2D eigenvalue weighted by atomic mass is 9.86. The highest BCUT2D eigenvalue weighted by molar-refractivity contribution is 7.86. The van der Waals surface area contributed by atoms with E-state index in [2.05, 4.69) is 26.0 Å². The maximum atomic E-state index is 12.7. The van der Waals surface area contributed by atoms with Crippen LogP contribution in [0.25, 0.3) is 0 Å². The van der Waals surface area contributed by atoms with Gasteiger partial charge in [0.1, 0.15) is 6.10 Å². The molecule has 0 amide bonds. The van der Waals surface area contributed by atoms with E-state index < -0.39 is 10.1 Å². The summed E-state index contributed by atoms with van der Waals surface area (Å²) in [4.78, 5) is 0.218. The second-order valence-corrected chi connectivity index (χ2v) is 11.6. The highest BCUT2D eigenvalue weighted by Crippen LogP contribution is 2.48. The van der Waals surface area contributed by atoms with Gasteiger partial charge in [0.15, 0.2) is 11.5 Å². The van der Waals surface area contributed by atoms with Gasteiger partial charge in [0.2, 0.25) is 0 Å². The first-order valence-electron chi connectivity index (χ1n) is 14.1. The maximum absolute atomic E-state index is 12.7. The Morgan fingerprint density at radius 2 is 1.61 bits per heavy atom. The summed E-state index contributed by atoms with van der Waals surface area (Å²) in [5.74, 6) is 2.46. The Balaban J connectivity index is 1.45. The molecule has 210 valence electrons. The third-order valence-corrected chi connectivity index (χ3v) is 8.76. The van der Waals surface area contributed by atoms with Crippen molar-refractivity contribution in [3.8, 4) is 11.5 Å². The Morgan fingerprint density at radius 1 is 0.895 bits per heavy atom. The minimum Gasteiger partial charge on any atom is -0.490 e. The van der Waals surface area contributed by atoms with Crippen LogP contribution in [0.3, 0.4) is 0 Å². The lowest BCUT2D eigenvalue weighted by molar-refractivity contribution is -0.0313. The average molecular weight is 547 g/mol. The number of hydrogen-bond acceptors (Lipinski definition) is 7. The largest absolute Gasteiger partial charge is 0.490 e. The smallest absolute Gasteiger partial charge is 0.297 e. The molecule has 0 radical (unpaired) electrons. The van der Waals surface area contributed by atoms with Crippen molar-refractivity contribution in [2.45, 2.75) is 76.2 Å². The molecule has 7 nitrogen and oxygen atoms in total. The highest BCUT2D eigenvalue weighted by Gasteiger charge is 2.36. The van der Waals surface area contributed by atoms with Crippen LogP contribution in [0.5, 0.6) is 11.5 Å². The van der Waals surface area contributed by atoms with Crippen molar-refractivity contribution in [3.63, 3.8) is 0 Å². The molecular weight excluding hydrogens is 504 g/mol. The van der Waals surface area contributed by atoms with Gasteiger partial charge in [-0.15, -0.1) is 0 Å². The third kappa shape index (κ3) is 6.89. The third-order valence-electron chi connectivity index (χ3n) is 7.35. The predicted octanol–water partition coefficient (Wildman–Crippen LogP) is 6.20.